The Kier molecular flexibility index (Phi) is 4.53. The molecule has 0 aliphatic heterocycles. The molecule has 0 unspecified atom stereocenters. The molecule has 0 saturated heterocycles. The van der Waals surface area contributed by atoms with Gasteiger partial charge in [0.2, 0.25) is 0 Å². The van der Waals surface area contributed by atoms with Gasteiger partial charge in [-0.25, -0.2) is 9.97 Å². The quantitative estimate of drug-likeness (QED) is 0.641. The topological polar surface area (TPSA) is 144 Å². The summed E-state index contributed by atoms with van der Waals surface area (Å²) in [5, 5.41) is 9.47. The summed E-state index contributed by atoms with van der Waals surface area (Å²) in [6.45, 7) is 1.60. The molecule has 2 aromatic heterocycles. The van der Waals surface area contributed by atoms with Crippen LogP contribution in [0.2, 0.25) is 0 Å². The van der Waals surface area contributed by atoms with E-state index in [1.54, 1.807) is 30.6 Å². The Morgan fingerprint density at radius 1 is 1.35 bits per heavy atom. The van der Waals surface area contributed by atoms with Crippen LogP contribution in [0.1, 0.15) is 11.3 Å². The van der Waals surface area contributed by atoms with Crippen molar-refractivity contribution in [2.75, 3.05) is 12.3 Å². The normalized spacial score (nSPS) is 10.3. The van der Waals surface area contributed by atoms with Gasteiger partial charge in [0, 0.05) is 16.8 Å². The number of hydrogen-bond acceptors (Lipinski definition) is 6. The molecule has 8 nitrogen and oxygen atoms in total. The number of anilines is 1. The van der Waals surface area contributed by atoms with Crippen molar-refractivity contribution in [1.82, 2.24) is 15.0 Å². The maximum atomic E-state index is 11.0. The number of H-pyrrole nitrogens is 1. The number of para-hydroxylation sites is 1. The van der Waals surface area contributed by atoms with E-state index in [9.17, 15) is 10.1 Å². The Morgan fingerprint density at radius 2 is 2.12 bits per heavy atom. The fourth-order valence-electron chi connectivity index (χ4n) is 2.59. The molecule has 0 atom stereocenters. The van der Waals surface area contributed by atoms with Gasteiger partial charge in [0.15, 0.2) is 6.61 Å². The molecule has 8 heteroatoms. The molecular weight excluding hydrogens is 332 g/mol. The van der Waals surface area contributed by atoms with Crippen molar-refractivity contribution in [3.63, 3.8) is 0 Å². The van der Waals surface area contributed by atoms with Crippen molar-refractivity contribution < 1.29 is 9.53 Å². The molecule has 1 amide bonds. The summed E-state index contributed by atoms with van der Waals surface area (Å²) in [6.07, 6.45) is 1.55. The summed E-state index contributed by atoms with van der Waals surface area (Å²) in [5.74, 6) is -0.0559. The highest BCUT2D eigenvalue weighted by Crippen LogP contribution is 2.35. The van der Waals surface area contributed by atoms with Crippen LogP contribution in [0, 0.1) is 18.3 Å². The van der Waals surface area contributed by atoms with Crippen molar-refractivity contribution in [3.8, 4) is 34.3 Å². The van der Waals surface area contributed by atoms with Crippen molar-refractivity contribution in [3.05, 3.63) is 47.9 Å². The molecule has 0 aliphatic rings. The van der Waals surface area contributed by atoms with Crippen LogP contribution < -0.4 is 16.2 Å². The fourth-order valence-corrected chi connectivity index (χ4v) is 2.59. The zero-order chi connectivity index (χ0) is 18.7. The molecule has 2 heterocycles. The number of imidazole rings is 1. The number of amides is 1. The van der Waals surface area contributed by atoms with Gasteiger partial charge in [-0.15, -0.1) is 0 Å². The van der Waals surface area contributed by atoms with E-state index in [-0.39, 0.29) is 18.0 Å². The highest BCUT2D eigenvalue weighted by atomic mass is 16.5. The van der Waals surface area contributed by atoms with Gasteiger partial charge in [-0.2, -0.15) is 5.26 Å². The number of benzene rings is 1. The molecule has 1 aromatic carbocycles. The number of hydrogen-bond donors (Lipinski definition) is 3. The largest absolute Gasteiger partial charge is 0.483 e. The first kappa shape index (κ1) is 17.0. The summed E-state index contributed by atoms with van der Waals surface area (Å²) >= 11 is 0. The third kappa shape index (κ3) is 3.18. The van der Waals surface area contributed by atoms with Crippen LogP contribution >= 0.6 is 0 Å². The van der Waals surface area contributed by atoms with Crippen LogP contribution in [0.25, 0.3) is 22.5 Å². The molecule has 0 bridgehead atoms. The Labute approximate surface area is 149 Å². The van der Waals surface area contributed by atoms with E-state index in [0.29, 0.717) is 28.3 Å². The number of aromatic amines is 1. The van der Waals surface area contributed by atoms with E-state index >= 15 is 0 Å². The van der Waals surface area contributed by atoms with Crippen LogP contribution in [-0.2, 0) is 4.79 Å². The summed E-state index contributed by atoms with van der Waals surface area (Å²) in [7, 11) is 0. The number of ether oxygens (including phenoxy) is 1. The molecule has 0 spiro atoms. The number of nitrogens with two attached hydrogens (primary N) is 2. The van der Waals surface area contributed by atoms with Crippen LogP contribution in [0.3, 0.4) is 0 Å². The Bertz CT molecular complexity index is 1020. The maximum absolute atomic E-state index is 11.0. The first-order valence-corrected chi connectivity index (χ1v) is 7.72. The molecule has 0 radical (unpaired) electrons. The predicted molar refractivity (Wildman–Crippen MR) is 95.8 cm³/mol. The summed E-state index contributed by atoms with van der Waals surface area (Å²) in [6, 6.07) is 10.9. The van der Waals surface area contributed by atoms with Crippen LogP contribution in [0.4, 0.5) is 5.82 Å². The third-order valence-electron chi connectivity index (χ3n) is 3.78. The maximum Gasteiger partial charge on any atom is 0.255 e. The number of nitrogen functional groups attached to an aromatic ring is 1. The molecular formula is C18H16N6O2. The van der Waals surface area contributed by atoms with E-state index in [0.717, 1.165) is 5.69 Å². The molecule has 3 aromatic rings. The lowest BCUT2D eigenvalue weighted by atomic mass is 10.0. The zero-order valence-corrected chi connectivity index (χ0v) is 14.0. The number of aryl methyl sites for hydroxylation is 1. The minimum atomic E-state index is -0.583. The predicted octanol–water partition coefficient (Wildman–Crippen LogP) is 1.77. The van der Waals surface area contributed by atoms with E-state index in [1.165, 1.54) is 0 Å². The van der Waals surface area contributed by atoms with Crippen LogP contribution in [-0.4, -0.2) is 27.5 Å². The standard InChI is InChI=1S/C18H16N6O2/c1-10-17(23-9-22-10)12-6-14(24-18(21)13(12)7-19)11-4-2-3-5-15(11)26-8-16(20)25/h2-6,9H,8H2,1H3,(H2,20,25)(H2,21,24)(H,22,23). The average molecular weight is 348 g/mol. The minimum absolute atomic E-state index is 0.0899. The fraction of sp³-hybridized carbons (Fsp3) is 0.111. The number of nitrogens with zero attached hydrogens (tertiary/aromatic N) is 3. The van der Waals surface area contributed by atoms with E-state index in [1.807, 2.05) is 13.0 Å². The molecule has 130 valence electrons. The molecule has 0 fully saturated rings. The summed E-state index contributed by atoms with van der Waals surface area (Å²) < 4.78 is 5.46. The number of rotatable bonds is 5. The lowest BCUT2D eigenvalue weighted by Crippen LogP contribution is -2.20. The van der Waals surface area contributed by atoms with Gasteiger partial charge in [-0.3, -0.25) is 4.79 Å². The third-order valence-corrected chi connectivity index (χ3v) is 3.78. The van der Waals surface area contributed by atoms with E-state index < -0.39 is 5.91 Å². The minimum Gasteiger partial charge on any atom is -0.483 e. The summed E-state index contributed by atoms with van der Waals surface area (Å²) in [4.78, 5) is 22.6. The van der Waals surface area contributed by atoms with Gasteiger partial charge in [0.1, 0.15) is 23.2 Å². The van der Waals surface area contributed by atoms with Gasteiger partial charge in [0.25, 0.3) is 5.91 Å². The Hall–Kier alpha value is -3.86. The number of carbonyl (C=O) groups excluding carboxylic acids is 1. The van der Waals surface area contributed by atoms with Gasteiger partial charge >= 0.3 is 0 Å². The lowest BCUT2D eigenvalue weighted by Gasteiger charge is -2.13. The number of nitriles is 1. The average Bonchev–Trinajstić information content (AvgIpc) is 3.05. The number of primary amides is 1. The number of aromatic nitrogens is 3. The monoisotopic (exact) mass is 348 g/mol. The first-order chi connectivity index (χ1) is 12.5. The molecule has 0 aliphatic carbocycles. The summed E-state index contributed by atoms with van der Waals surface area (Å²) in [5.41, 5.74) is 14.5. The number of nitrogens with one attached hydrogen (secondary N) is 1. The van der Waals surface area contributed by atoms with Gasteiger partial charge in [0.05, 0.1) is 17.7 Å². The van der Waals surface area contributed by atoms with E-state index in [4.69, 9.17) is 16.2 Å². The lowest BCUT2D eigenvalue weighted by molar-refractivity contribution is -0.119. The Balaban J connectivity index is 2.16. The van der Waals surface area contributed by atoms with Gasteiger partial charge in [-0.1, -0.05) is 12.1 Å². The first-order valence-electron chi connectivity index (χ1n) is 7.72. The highest BCUT2D eigenvalue weighted by Gasteiger charge is 2.18. The van der Waals surface area contributed by atoms with Gasteiger partial charge < -0.3 is 21.2 Å². The molecule has 0 saturated carbocycles. The highest BCUT2D eigenvalue weighted by molar-refractivity contribution is 5.81. The van der Waals surface area contributed by atoms with Gasteiger partial charge in [-0.05, 0) is 25.1 Å². The molecule has 26 heavy (non-hydrogen) atoms. The van der Waals surface area contributed by atoms with Crippen LogP contribution in [0.15, 0.2) is 36.7 Å². The Morgan fingerprint density at radius 3 is 2.77 bits per heavy atom. The number of pyridine rings is 1. The van der Waals surface area contributed by atoms with Crippen LogP contribution in [0.5, 0.6) is 5.75 Å². The molecule has 5 N–H and O–H groups in total. The van der Waals surface area contributed by atoms with Crippen molar-refractivity contribution in [2.45, 2.75) is 6.92 Å². The molecule has 3 rings (SSSR count). The second-order valence-electron chi connectivity index (χ2n) is 5.55. The van der Waals surface area contributed by atoms with Crippen molar-refractivity contribution in [1.29, 1.82) is 5.26 Å². The number of carbonyl (C=O) groups is 1. The SMILES string of the molecule is Cc1[nH]cnc1-c1cc(-c2ccccc2OCC(N)=O)nc(N)c1C#N. The second kappa shape index (κ2) is 6.94. The van der Waals surface area contributed by atoms with Crippen molar-refractivity contribution in [2.24, 2.45) is 5.73 Å². The van der Waals surface area contributed by atoms with E-state index in [2.05, 4.69) is 21.0 Å². The smallest absolute Gasteiger partial charge is 0.255 e. The van der Waals surface area contributed by atoms with Crippen molar-refractivity contribution >= 4 is 11.7 Å². The zero-order valence-electron chi connectivity index (χ0n) is 14.0. The second-order valence-corrected chi connectivity index (χ2v) is 5.55.